The Hall–Kier alpha value is -1.59. The molecule has 2 heterocycles. The monoisotopic (exact) mass is 305 g/mol. The molecule has 0 radical (unpaired) electrons. The molecule has 3 aromatic rings. The number of nitrogens with zero attached hydrogens (tertiary/aromatic N) is 3. The van der Waals surface area contributed by atoms with Crippen LogP contribution in [0.4, 0.5) is 0 Å². The van der Waals surface area contributed by atoms with Gasteiger partial charge in [-0.1, -0.05) is 30.7 Å². The fraction of sp³-hybridized carbons (Fsp3) is 0.214. The summed E-state index contributed by atoms with van der Waals surface area (Å²) in [4.78, 5) is 13.1. The van der Waals surface area contributed by atoms with Crippen LogP contribution in [0.2, 0.25) is 5.15 Å². The molecule has 20 heavy (non-hydrogen) atoms. The Balaban J connectivity index is 1.99. The second-order valence-corrected chi connectivity index (χ2v) is 5.56. The van der Waals surface area contributed by atoms with E-state index in [1.807, 2.05) is 38.1 Å². The quantitative estimate of drug-likeness (QED) is 0.675. The summed E-state index contributed by atoms with van der Waals surface area (Å²) in [5, 5.41) is 1.83. The van der Waals surface area contributed by atoms with Crippen molar-refractivity contribution in [2.45, 2.75) is 30.5 Å². The van der Waals surface area contributed by atoms with Crippen LogP contribution in [-0.4, -0.2) is 15.0 Å². The average Bonchev–Trinajstić information content (AvgIpc) is 2.85. The summed E-state index contributed by atoms with van der Waals surface area (Å²) >= 11 is 7.50. The van der Waals surface area contributed by atoms with Crippen LogP contribution in [0, 0.1) is 6.92 Å². The van der Waals surface area contributed by atoms with Crippen LogP contribution in [-0.2, 0) is 6.42 Å². The van der Waals surface area contributed by atoms with Gasteiger partial charge in [-0.05, 0) is 30.8 Å². The Bertz CT molecular complexity index is 739. The number of oxazole rings is 1. The van der Waals surface area contributed by atoms with Gasteiger partial charge >= 0.3 is 0 Å². The van der Waals surface area contributed by atoms with E-state index in [9.17, 15) is 0 Å². The highest BCUT2D eigenvalue weighted by molar-refractivity contribution is 7.99. The van der Waals surface area contributed by atoms with Gasteiger partial charge in [0.2, 0.25) is 0 Å². The van der Waals surface area contributed by atoms with Gasteiger partial charge in [0.25, 0.3) is 5.22 Å². The number of aromatic nitrogens is 3. The molecule has 0 aliphatic rings. The average molecular weight is 306 g/mol. The van der Waals surface area contributed by atoms with E-state index in [-0.39, 0.29) is 0 Å². The lowest BCUT2D eigenvalue weighted by molar-refractivity contribution is 0.489. The van der Waals surface area contributed by atoms with Crippen molar-refractivity contribution in [1.29, 1.82) is 0 Å². The molecule has 0 aliphatic heterocycles. The summed E-state index contributed by atoms with van der Waals surface area (Å²) in [5.74, 6) is 0.721. The van der Waals surface area contributed by atoms with Crippen molar-refractivity contribution in [1.82, 2.24) is 15.0 Å². The number of para-hydroxylation sites is 2. The van der Waals surface area contributed by atoms with Crippen molar-refractivity contribution >= 4 is 34.5 Å². The van der Waals surface area contributed by atoms with E-state index in [1.165, 1.54) is 11.8 Å². The Labute approximate surface area is 125 Å². The van der Waals surface area contributed by atoms with Crippen molar-refractivity contribution < 1.29 is 4.42 Å². The SMILES string of the molecule is CCc1nc(Cl)c(C)c(Sc2nc3ccccc3o2)n1. The highest BCUT2D eigenvalue weighted by atomic mass is 35.5. The first-order chi connectivity index (χ1) is 9.67. The first-order valence-corrected chi connectivity index (χ1v) is 7.43. The summed E-state index contributed by atoms with van der Waals surface area (Å²) in [6.07, 6.45) is 0.737. The Morgan fingerprint density at radius 2 is 2.00 bits per heavy atom. The zero-order valence-corrected chi connectivity index (χ0v) is 12.6. The molecule has 0 bridgehead atoms. The summed E-state index contributed by atoms with van der Waals surface area (Å²) in [6.45, 7) is 3.89. The van der Waals surface area contributed by atoms with Crippen LogP contribution in [0.1, 0.15) is 18.3 Å². The maximum atomic E-state index is 6.13. The molecule has 2 aromatic heterocycles. The predicted octanol–water partition coefficient (Wildman–Crippen LogP) is 4.29. The Morgan fingerprint density at radius 3 is 2.75 bits per heavy atom. The lowest BCUT2D eigenvalue weighted by Gasteiger charge is -2.05. The highest BCUT2D eigenvalue weighted by Gasteiger charge is 2.13. The first-order valence-electron chi connectivity index (χ1n) is 6.24. The third-order valence-electron chi connectivity index (χ3n) is 2.86. The van der Waals surface area contributed by atoms with E-state index < -0.39 is 0 Å². The van der Waals surface area contributed by atoms with Gasteiger partial charge in [0, 0.05) is 12.0 Å². The Morgan fingerprint density at radius 1 is 1.20 bits per heavy atom. The molecule has 0 spiro atoms. The third kappa shape index (κ3) is 2.51. The van der Waals surface area contributed by atoms with Crippen molar-refractivity contribution in [3.8, 4) is 0 Å². The van der Waals surface area contributed by atoms with Gasteiger partial charge < -0.3 is 4.42 Å². The number of hydrogen-bond acceptors (Lipinski definition) is 5. The van der Waals surface area contributed by atoms with Gasteiger partial charge in [0.1, 0.15) is 21.5 Å². The maximum absolute atomic E-state index is 6.13. The second kappa shape index (κ2) is 5.42. The number of hydrogen-bond donors (Lipinski definition) is 0. The minimum Gasteiger partial charge on any atom is -0.431 e. The summed E-state index contributed by atoms with van der Waals surface area (Å²) in [7, 11) is 0. The largest absolute Gasteiger partial charge is 0.431 e. The fourth-order valence-electron chi connectivity index (χ4n) is 1.75. The van der Waals surface area contributed by atoms with Crippen LogP contribution < -0.4 is 0 Å². The molecule has 0 saturated heterocycles. The summed E-state index contributed by atoms with van der Waals surface area (Å²) in [6, 6.07) is 7.66. The zero-order chi connectivity index (χ0) is 14.1. The molecule has 0 atom stereocenters. The molecule has 0 aliphatic carbocycles. The van der Waals surface area contributed by atoms with Gasteiger partial charge in [-0.15, -0.1) is 0 Å². The van der Waals surface area contributed by atoms with Gasteiger partial charge in [0.05, 0.1) is 0 Å². The molecule has 0 amide bonds. The van der Waals surface area contributed by atoms with Crippen LogP contribution in [0.5, 0.6) is 0 Å². The minimum absolute atomic E-state index is 0.482. The number of fused-ring (bicyclic) bond motifs is 1. The Kier molecular flexibility index (Phi) is 3.63. The van der Waals surface area contributed by atoms with E-state index in [0.29, 0.717) is 10.4 Å². The van der Waals surface area contributed by atoms with Crippen LogP contribution >= 0.6 is 23.4 Å². The molecular weight excluding hydrogens is 294 g/mol. The molecule has 4 nitrogen and oxygen atoms in total. The summed E-state index contributed by atoms with van der Waals surface area (Å²) < 4.78 is 5.69. The van der Waals surface area contributed by atoms with Gasteiger partial charge in [-0.25, -0.2) is 15.0 Å². The molecule has 6 heteroatoms. The maximum Gasteiger partial charge on any atom is 0.263 e. The number of halogens is 1. The van der Waals surface area contributed by atoms with E-state index in [1.54, 1.807) is 0 Å². The smallest absolute Gasteiger partial charge is 0.263 e. The van der Waals surface area contributed by atoms with Crippen molar-refractivity contribution in [2.24, 2.45) is 0 Å². The fourth-order valence-corrected chi connectivity index (χ4v) is 2.83. The zero-order valence-electron chi connectivity index (χ0n) is 11.1. The lowest BCUT2D eigenvalue weighted by atomic mass is 10.3. The van der Waals surface area contributed by atoms with Crippen LogP contribution in [0.25, 0.3) is 11.1 Å². The molecule has 0 fully saturated rings. The number of aryl methyl sites for hydroxylation is 1. The first kappa shape index (κ1) is 13.4. The van der Waals surface area contributed by atoms with Crippen LogP contribution in [0.15, 0.2) is 38.9 Å². The third-order valence-corrected chi connectivity index (χ3v) is 4.17. The molecule has 3 rings (SSSR count). The van der Waals surface area contributed by atoms with Gasteiger partial charge in [-0.3, -0.25) is 0 Å². The predicted molar refractivity (Wildman–Crippen MR) is 79.3 cm³/mol. The minimum atomic E-state index is 0.482. The van der Waals surface area contributed by atoms with Crippen molar-refractivity contribution in [3.05, 3.63) is 40.8 Å². The molecular formula is C14H12ClN3OS. The van der Waals surface area contributed by atoms with Crippen molar-refractivity contribution in [3.63, 3.8) is 0 Å². The molecule has 0 saturated carbocycles. The van der Waals surface area contributed by atoms with E-state index in [0.717, 1.165) is 33.9 Å². The van der Waals surface area contributed by atoms with E-state index >= 15 is 0 Å². The topological polar surface area (TPSA) is 51.8 Å². The van der Waals surface area contributed by atoms with E-state index in [4.69, 9.17) is 16.0 Å². The van der Waals surface area contributed by atoms with Crippen molar-refractivity contribution in [2.75, 3.05) is 0 Å². The van der Waals surface area contributed by atoms with Crippen LogP contribution in [0.3, 0.4) is 0 Å². The molecule has 0 N–H and O–H groups in total. The molecule has 102 valence electrons. The molecule has 1 aromatic carbocycles. The highest BCUT2D eigenvalue weighted by Crippen LogP contribution is 2.32. The number of benzene rings is 1. The van der Waals surface area contributed by atoms with Gasteiger partial charge in [-0.2, -0.15) is 0 Å². The summed E-state index contributed by atoms with van der Waals surface area (Å²) in [5.41, 5.74) is 2.45. The standard InChI is InChI=1S/C14H12ClN3OS/c1-3-11-17-12(15)8(2)13(18-11)20-14-16-9-6-4-5-7-10(9)19-14/h4-7H,3H2,1-2H3. The van der Waals surface area contributed by atoms with Gasteiger partial charge in [0.15, 0.2) is 5.58 Å². The van der Waals surface area contributed by atoms with E-state index in [2.05, 4.69) is 15.0 Å². The second-order valence-electron chi connectivity index (χ2n) is 4.26. The normalized spacial score (nSPS) is 11.2. The number of rotatable bonds is 3. The lowest BCUT2D eigenvalue weighted by Crippen LogP contribution is -1.98. The molecule has 0 unspecified atom stereocenters.